The summed E-state index contributed by atoms with van der Waals surface area (Å²) in [4.78, 5) is 10.7. The highest BCUT2D eigenvalue weighted by Crippen LogP contribution is 2.33. The second kappa shape index (κ2) is 5.69. The van der Waals surface area contributed by atoms with Crippen molar-refractivity contribution in [2.24, 2.45) is 0 Å². The van der Waals surface area contributed by atoms with Crippen LogP contribution in [0.25, 0.3) is 0 Å². The number of ether oxygens (including phenoxy) is 1. The van der Waals surface area contributed by atoms with E-state index in [1.165, 1.54) is 0 Å². The lowest BCUT2D eigenvalue weighted by Crippen LogP contribution is -2.31. The average Bonchev–Trinajstić information content (AvgIpc) is 2.93. The molecule has 0 spiro atoms. The van der Waals surface area contributed by atoms with Gasteiger partial charge in [0.05, 0.1) is 13.2 Å². The van der Waals surface area contributed by atoms with Gasteiger partial charge in [0.25, 0.3) is 0 Å². The molecule has 1 aliphatic rings. The molecule has 1 fully saturated rings. The van der Waals surface area contributed by atoms with Gasteiger partial charge in [-0.05, 0) is 18.9 Å². The molecule has 0 saturated carbocycles. The molecule has 1 aliphatic heterocycles. The number of β-amino-alcohol motifs (C(OH)–C–C–N with tert-alkyl or cyclic N) is 1. The smallest absolute Gasteiger partial charge is 0.228 e. The highest BCUT2D eigenvalue weighted by Gasteiger charge is 2.38. The van der Waals surface area contributed by atoms with Crippen LogP contribution in [0.4, 0.5) is 5.95 Å². The molecule has 5 heteroatoms. The van der Waals surface area contributed by atoms with Crippen LogP contribution in [0.2, 0.25) is 0 Å². The maximum Gasteiger partial charge on any atom is 0.228 e. The third kappa shape index (κ3) is 2.83. The Bertz CT molecular complexity index is 605. The molecule has 0 radical (unpaired) electrons. The van der Waals surface area contributed by atoms with Gasteiger partial charge < -0.3 is 14.7 Å². The topological polar surface area (TPSA) is 58.5 Å². The van der Waals surface area contributed by atoms with Gasteiger partial charge in [-0.1, -0.05) is 30.3 Å². The summed E-state index contributed by atoms with van der Waals surface area (Å²) in [6.45, 7) is 3.71. The fourth-order valence-corrected chi connectivity index (χ4v) is 2.66. The van der Waals surface area contributed by atoms with Gasteiger partial charge in [-0.3, -0.25) is 0 Å². The lowest BCUT2D eigenvalue weighted by molar-refractivity contribution is 0.0606. The summed E-state index contributed by atoms with van der Waals surface area (Å²) in [6.07, 6.45) is 2.35. The van der Waals surface area contributed by atoms with Gasteiger partial charge in [-0.15, -0.1) is 0 Å². The summed E-state index contributed by atoms with van der Waals surface area (Å²) in [7, 11) is 0. The van der Waals surface area contributed by atoms with E-state index in [2.05, 4.69) is 9.97 Å². The molecule has 0 aliphatic carbocycles. The van der Waals surface area contributed by atoms with E-state index in [0.717, 1.165) is 12.1 Å². The van der Waals surface area contributed by atoms with Crippen molar-refractivity contribution in [3.8, 4) is 5.88 Å². The largest absolute Gasteiger partial charge is 0.478 e. The van der Waals surface area contributed by atoms with Crippen LogP contribution in [0.5, 0.6) is 5.88 Å². The van der Waals surface area contributed by atoms with Gasteiger partial charge in [-0.25, -0.2) is 4.98 Å². The molecule has 0 unspecified atom stereocenters. The van der Waals surface area contributed by atoms with Crippen molar-refractivity contribution in [1.82, 2.24) is 9.97 Å². The highest BCUT2D eigenvalue weighted by molar-refractivity contribution is 5.38. The number of nitrogens with zero attached hydrogens (tertiary/aromatic N) is 3. The predicted molar refractivity (Wildman–Crippen MR) is 80.4 cm³/mol. The van der Waals surface area contributed by atoms with Gasteiger partial charge in [0, 0.05) is 18.8 Å². The van der Waals surface area contributed by atoms with Crippen molar-refractivity contribution in [2.75, 3.05) is 24.6 Å². The SMILES string of the molecule is CCOc1ccnc(N2CC[C@](O)(c3ccccc3)C2)n1. The third-order valence-electron chi connectivity index (χ3n) is 3.75. The van der Waals surface area contributed by atoms with Gasteiger partial charge in [0.15, 0.2) is 0 Å². The molecule has 2 aromatic rings. The van der Waals surface area contributed by atoms with E-state index < -0.39 is 5.60 Å². The van der Waals surface area contributed by atoms with E-state index in [-0.39, 0.29) is 0 Å². The molecule has 5 nitrogen and oxygen atoms in total. The van der Waals surface area contributed by atoms with Crippen LogP contribution in [0.3, 0.4) is 0 Å². The molecule has 1 aromatic heterocycles. The Labute approximate surface area is 124 Å². The molecular weight excluding hydrogens is 266 g/mol. The average molecular weight is 285 g/mol. The summed E-state index contributed by atoms with van der Waals surface area (Å²) in [6, 6.07) is 11.5. The Balaban J connectivity index is 1.79. The molecule has 1 atom stereocenters. The van der Waals surface area contributed by atoms with Crippen LogP contribution in [-0.4, -0.2) is 34.8 Å². The first kappa shape index (κ1) is 13.8. The van der Waals surface area contributed by atoms with Gasteiger partial charge in [0.1, 0.15) is 5.60 Å². The second-order valence-electron chi connectivity index (χ2n) is 5.20. The Hall–Kier alpha value is -2.14. The quantitative estimate of drug-likeness (QED) is 0.930. The van der Waals surface area contributed by atoms with Crippen molar-refractivity contribution in [3.05, 3.63) is 48.2 Å². The number of aromatic nitrogens is 2. The van der Waals surface area contributed by atoms with E-state index in [1.54, 1.807) is 12.3 Å². The van der Waals surface area contributed by atoms with Crippen LogP contribution in [0.15, 0.2) is 42.6 Å². The zero-order valence-corrected chi connectivity index (χ0v) is 12.1. The van der Waals surface area contributed by atoms with Crippen molar-refractivity contribution in [3.63, 3.8) is 0 Å². The van der Waals surface area contributed by atoms with E-state index >= 15 is 0 Å². The molecule has 2 heterocycles. The van der Waals surface area contributed by atoms with Crippen LogP contribution >= 0.6 is 0 Å². The number of rotatable bonds is 4. The van der Waals surface area contributed by atoms with Crippen LogP contribution in [0.1, 0.15) is 18.9 Å². The van der Waals surface area contributed by atoms with Gasteiger partial charge >= 0.3 is 0 Å². The predicted octanol–water partition coefficient (Wildman–Crippen LogP) is 1.97. The van der Waals surface area contributed by atoms with Crippen LogP contribution in [-0.2, 0) is 5.60 Å². The minimum atomic E-state index is -0.841. The molecule has 0 bridgehead atoms. The number of hydrogen-bond donors (Lipinski definition) is 1. The molecular formula is C16H19N3O2. The summed E-state index contributed by atoms with van der Waals surface area (Å²) in [5.74, 6) is 1.17. The summed E-state index contributed by atoms with van der Waals surface area (Å²) in [5.41, 5.74) is 0.0974. The molecule has 0 amide bonds. The highest BCUT2D eigenvalue weighted by atomic mass is 16.5. The first-order valence-electron chi connectivity index (χ1n) is 7.20. The number of benzene rings is 1. The Morgan fingerprint density at radius 1 is 1.29 bits per heavy atom. The van der Waals surface area contributed by atoms with Crippen molar-refractivity contribution < 1.29 is 9.84 Å². The first-order valence-corrected chi connectivity index (χ1v) is 7.20. The number of aliphatic hydroxyl groups is 1. The zero-order valence-electron chi connectivity index (χ0n) is 12.1. The molecule has 1 saturated heterocycles. The van der Waals surface area contributed by atoms with Crippen LogP contribution < -0.4 is 9.64 Å². The van der Waals surface area contributed by atoms with Crippen molar-refractivity contribution in [2.45, 2.75) is 18.9 Å². The summed E-state index contributed by atoms with van der Waals surface area (Å²) in [5, 5.41) is 10.8. The lowest BCUT2D eigenvalue weighted by atomic mass is 9.93. The first-order chi connectivity index (χ1) is 10.2. The zero-order chi connectivity index (χ0) is 14.7. The van der Waals surface area contributed by atoms with Crippen LogP contribution in [0, 0.1) is 0 Å². The number of hydrogen-bond acceptors (Lipinski definition) is 5. The fraction of sp³-hybridized carbons (Fsp3) is 0.375. The minimum Gasteiger partial charge on any atom is -0.478 e. The van der Waals surface area contributed by atoms with Gasteiger partial charge in [-0.2, -0.15) is 4.98 Å². The molecule has 21 heavy (non-hydrogen) atoms. The Morgan fingerprint density at radius 2 is 2.10 bits per heavy atom. The van der Waals surface area contributed by atoms with Gasteiger partial charge in [0.2, 0.25) is 11.8 Å². The number of anilines is 1. The fourth-order valence-electron chi connectivity index (χ4n) is 2.66. The monoisotopic (exact) mass is 285 g/mol. The van der Waals surface area contributed by atoms with Crippen molar-refractivity contribution in [1.29, 1.82) is 0 Å². The maximum atomic E-state index is 10.8. The summed E-state index contributed by atoms with van der Waals surface area (Å²) < 4.78 is 5.40. The summed E-state index contributed by atoms with van der Waals surface area (Å²) >= 11 is 0. The maximum absolute atomic E-state index is 10.8. The van der Waals surface area contributed by atoms with E-state index in [9.17, 15) is 5.11 Å². The normalized spacial score (nSPS) is 21.5. The Kier molecular flexibility index (Phi) is 3.75. The molecule has 1 aromatic carbocycles. The lowest BCUT2D eigenvalue weighted by Gasteiger charge is -2.24. The van der Waals surface area contributed by atoms with Crippen molar-refractivity contribution >= 4 is 5.95 Å². The third-order valence-corrected chi connectivity index (χ3v) is 3.75. The Morgan fingerprint density at radius 3 is 2.86 bits per heavy atom. The van der Waals surface area contributed by atoms with E-state index in [4.69, 9.17) is 4.74 Å². The molecule has 3 rings (SSSR count). The van der Waals surface area contributed by atoms with E-state index in [1.807, 2.05) is 42.2 Å². The molecule has 1 N–H and O–H groups in total. The molecule has 110 valence electrons. The van der Waals surface area contributed by atoms with E-state index in [0.29, 0.717) is 31.4 Å². The second-order valence-corrected chi connectivity index (χ2v) is 5.20. The minimum absolute atomic E-state index is 0.493. The standard InChI is InChI=1S/C16H19N3O2/c1-2-21-14-8-10-17-15(18-14)19-11-9-16(20,12-19)13-6-4-3-5-7-13/h3-8,10,20H,2,9,11-12H2,1H3/t16-/m1/s1.